The lowest BCUT2D eigenvalue weighted by atomic mass is 10.1. The average Bonchev–Trinajstić information content (AvgIpc) is 3.72. The highest BCUT2D eigenvalue weighted by Gasteiger charge is 2.13. The molecule has 0 saturated carbocycles. The van der Waals surface area contributed by atoms with Gasteiger partial charge in [-0.15, -0.1) is 0 Å². The van der Waals surface area contributed by atoms with Crippen LogP contribution in [0.5, 0.6) is 11.5 Å². The molecule has 6 aromatic rings. The minimum Gasteiger partial charge on any atom is -0.489 e. The van der Waals surface area contributed by atoms with Gasteiger partial charge < -0.3 is 23.3 Å². The fourth-order valence-corrected chi connectivity index (χ4v) is 4.38. The summed E-state index contributed by atoms with van der Waals surface area (Å²) >= 11 is 0. The molecule has 45 heavy (non-hydrogen) atoms. The SMILES string of the molecule is Fc1cccc(F)c1COc1ccc(-c2cc(COCc3cc(-c4ccc(OCc5c(F)cccc5F)cc4)no3)on2)cc1. The maximum atomic E-state index is 13.8. The fraction of sp³-hybridized carbons (Fsp3) is 0.118. The third-order valence-corrected chi connectivity index (χ3v) is 6.80. The van der Waals surface area contributed by atoms with Crippen molar-refractivity contribution in [2.75, 3.05) is 0 Å². The molecule has 0 fully saturated rings. The molecular weight excluding hydrogens is 592 g/mol. The van der Waals surface area contributed by atoms with Gasteiger partial charge in [-0.1, -0.05) is 22.4 Å². The van der Waals surface area contributed by atoms with Crippen LogP contribution in [0.25, 0.3) is 22.5 Å². The van der Waals surface area contributed by atoms with E-state index in [0.29, 0.717) is 34.4 Å². The third-order valence-electron chi connectivity index (χ3n) is 6.80. The van der Waals surface area contributed by atoms with E-state index in [1.54, 1.807) is 60.7 Å². The first-order valence-corrected chi connectivity index (χ1v) is 13.7. The smallest absolute Gasteiger partial charge is 0.163 e. The topological polar surface area (TPSA) is 79.8 Å². The van der Waals surface area contributed by atoms with Crippen molar-refractivity contribution in [1.29, 1.82) is 0 Å². The zero-order valence-corrected chi connectivity index (χ0v) is 23.5. The van der Waals surface area contributed by atoms with E-state index < -0.39 is 23.3 Å². The van der Waals surface area contributed by atoms with Crippen molar-refractivity contribution in [2.24, 2.45) is 0 Å². The Hall–Kier alpha value is -5.42. The summed E-state index contributed by atoms with van der Waals surface area (Å²) in [5, 5.41) is 8.14. The Balaban J connectivity index is 0.973. The summed E-state index contributed by atoms with van der Waals surface area (Å²) in [7, 11) is 0. The Kier molecular flexibility index (Phi) is 8.88. The quantitative estimate of drug-likeness (QED) is 0.128. The van der Waals surface area contributed by atoms with E-state index in [0.717, 1.165) is 11.1 Å². The molecule has 0 unspecified atom stereocenters. The van der Waals surface area contributed by atoms with Crippen LogP contribution in [0, 0.1) is 23.3 Å². The van der Waals surface area contributed by atoms with Crippen molar-refractivity contribution in [3.8, 4) is 34.0 Å². The van der Waals surface area contributed by atoms with Crippen molar-refractivity contribution in [3.63, 3.8) is 0 Å². The summed E-state index contributed by atoms with van der Waals surface area (Å²) in [4.78, 5) is 0. The highest BCUT2D eigenvalue weighted by Crippen LogP contribution is 2.26. The van der Waals surface area contributed by atoms with Gasteiger partial charge in [0.25, 0.3) is 0 Å². The largest absolute Gasteiger partial charge is 0.489 e. The Labute approximate surface area is 254 Å². The molecule has 4 aromatic carbocycles. The third kappa shape index (κ3) is 7.22. The van der Waals surface area contributed by atoms with E-state index in [2.05, 4.69) is 10.3 Å². The van der Waals surface area contributed by atoms with Crippen molar-refractivity contribution < 1.29 is 40.8 Å². The van der Waals surface area contributed by atoms with Crippen LogP contribution in [0.2, 0.25) is 0 Å². The number of ether oxygens (including phenoxy) is 3. The molecule has 11 heteroatoms. The summed E-state index contributed by atoms with van der Waals surface area (Å²) in [5.41, 5.74) is 2.39. The maximum absolute atomic E-state index is 13.8. The first-order valence-electron chi connectivity index (χ1n) is 13.7. The molecule has 0 bridgehead atoms. The molecule has 0 spiro atoms. The van der Waals surface area contributed by atoms with Gasteiger partial charge in [0.2, 0.25) is 0 Å². The highest BCUT2D eigenvalue weighted by molar-refractivity contribution is 5.60. The minimum atomic E-state index is -0.663. The minimum absolute atomic E-state index is 0.132. The van der Waals surface area contributed by atoms with Gasteiger partial charge in [0.15, 0.2) is 11.5 Å². The van der Waals surface area contributed by atoms with Crippen molar-refractivity contribution >= 4 is 0 Å². The molecule has 7 nitrogen and oxygen atoms in total. The standard InChI is InChI=1S/C34H24F4N2O5/c35-29-3-1-4-30(36)27(29)19-42-23-11-7-21(8-12-23)33-15-25(44-39-33)17-41-18-26-16-34(40-45-26)22-9-13-24(14-10-22)43-20-28-31(37)5-2-6-32(28)38/h1-16H,17-20H2. The Morgan fingerprint density at radius 3 is 1.24 bits per heavy atom. The van der Waals surface area contributed by atoms with Gasteiger partial charge in [-0.3, -0.25) is 0 Å². The molecule has 6 rings (SSSR count). The number of hydrogen-bond acceptors (Lipinski definition) is 7. The molecule has 0 aliphatic carbocycles. The van der Waals surface area contributed by atoms with Crippen LogP contribution in [0.3, 0.4) is 0 Å². The number of hydrogen-bond donors (Lipinski definition) is 0. The number of aromatic nitrogens is 2. The second-order valence-electron chi connectivity index (χ2n) is 9.88. The Bertz CT molecular complexity index is 1710. The van der Waals surface area contributed by atoms with E-state index in [1.807, 2.05) is 0 Å². The normalized spacial score (nSPS) is 11.1. The summed E-state index contributed by atoms with van der Waals surface area (Å²) in [6.45, 7) is -0.210. The van der Waals surface area contributed by atoms with Gasteiger partial charge in [0.05, 0.1) is 11.1 Å². The summed E-state index contributed by atoms with van der Waals surface area (Å²) in [6, 6.07) is 24.5. The summed E-state index contributed by atoms with van der Waals surface area (Å²) in [5.74, 6) is -0.778. The van der Waals surface area contributed by atoms with Crippen molar-refractivity contribution in [2.45, 2.75) is 26.4 Å². The second-order valence-corrected chi connectivity index (χ2v) is 9.88. The Morgan fingerprint density at radius 2 is 0.867 bits per heavy atom. The fourth-order valence-electron chi connectivity index (χ4n) is 4.38. The number of nitrogens with zero attached hydrogens (tertiary/aromatic N) is 2. The van der Waals surface area contributed by atoms with E-state index >= 15 is 0 Å². The van der Waals surface area contributed by atoms with E-state index in [9.17, 15) is 17.6 Å². The lowest BCUT2D eigenvalue weighted by Gasteiger charge is -2.08. The average molecular weight is 617 g/mol. The van der Waals surface area contributed by atoms with Crippen LogP contribution in [0.1, 0.15) is 22.6 Å². The van der Waals surface area contributed by atoms with Crippen LogP contribution in [-0.4, -0.2) is 10.3 Å². The van der Waals surface area contributed by atoms with Gasteiger partial charge in [-0.25, -0.2) is 17.6 Å². The van der Waals surface area contributed by atoms with Crippen molar-refractivity contribution in [3.05, 3.63) is 143 Å². The molecule has 0 aliphatic heterocycles. The van der Waals surface area contributed by atoms with Crippen LogP contribution in [-0.2, 0) is 31.2 Å². The van der Waals surface area contributed by atoms with Gasteiger partial charge >= 0.3 is 0 Å². The number of halogens is 4. The predicted molar refractivity (Wildman–Crippen MR) is 154 cm³/mol. The molecule has 2 heterocycles. The zero-order valence-electron chi connectivity index (χ0n) is 23.5. The van der Waals surface area contributed by atoms with Crippen LogP contribution < -0.4 is 9.47 Å². The number of rotatable bonds is 12. The molecule has 0 radical (unpaired) electrons. The second kappa shape index (κ2) is 13.5. The number of benzene rings is 4. The molecule has 228 valence electrons. The molecule has 2 aromatic heterocycles. The monoisotopic (exact) mass is 616 g/mol. The molecule has 0 atom stereocenters. The van der Waals surface area contributed by atoms with Crippen molar-refractivity contribution in [1.82, 2.24) is 10.3 Å². The lowest BCUT2D eigenvalue weighted by molar-refractivity contribution is 0.0727. The first-order chi connectivity index (χ1) is 21.9. The maximum Gasteiger partial charge on any atom is 0.163 e. The molecule has 0 N–H and O–H groups in total. The van der Waals surface area contributed by atoms with Crippen LogP contribution >= 0.6 is 0 Å². The Morgan fingerprint density at radius 1 is 0.489 bits per heavy atom. The van der Waals surface area contributed by atoms with Gasteiger partial charge in [0.1, 0.15) is 72.6 Å². The van der Waals surface area contributed by atoms with E-state index in [-0.39, 0.29) is 37.6 Å². The van der Waals surface area contributed by atoms with Crippen LogP contribution in [0.15, 0.2) is 106 Å². The van der Waals surface area contributed by atoms with Gasteiger partial charge in [0, 0.05) is 23.3 Å². The summed E-state index contributed by atoms with van der Waals surface area (Å²) in [6.07, 6.45) is 0. The van der Waals surface area contributed by atoms with E-state index in [4.69, 9.17) is 23.3 Å². The molecular formula is C34H24F4N2O5. The van der Waals surface area contributed by atoms with Gasteiger partial charge in [-0.2, -0.15) is 0 Å². The molecule has 0 amide bonds. The zero-order chi connectivity index (χ0) is 31.2. The lowest BCUT2D eigenvalue weighted by Crippen LogP contribution is -2.01. The van der Waals surface area contributed by atoms with Gasteiger partial charge in [-0.05, 0) is 72.8 Å². The van der Waals surface area contributed by atoms with Crippen LogP contribution in [0.4, 0.5) is 17.6 Å². The highest BCUT2D eigenvalue weighted by atomic mass is 19.1. The summed E-state index contributed by atoms with van der Waals surface area (Å²) < 4.78 is 82.8. The predicted octanol–water partition coefficient (Wildman–Crippen LogP) is 8.43. The molecule has 0 aliphatic rings. The molecule has 0 saturated heterocycles. The van der Waals surface area contributed by atoms with E-state index in [1.165, 1.54) is 36.4 Å². The first kappa shape index (κ1) is 29.6.